The Morgan fingerprint density at radius 2 is 1.88 bits per heavy atom. The van der Waals surface area contributed by atoms with Gasteiger partial charge < -0.3 is 10.1 Å². The lowest BCUT2D eigenvalue weighted by atomic mass is 10.2. The van der Waals surface area contributed by atoms with Gasteiger partial charge in [0.05, 0.1) is 18.8 Å². The number of nitrogens with one attached hydrogen (secondary N) is 1. The highest BCUT2D eigenvalue weighted by molar-refractivity contribution is 6.30. The summed E-state index contributed by atoms with van der Waals surface area (Å²) >= 11 is 6.24. The minimum Gasteiger partial charge on any atom is -0.489 e. The molecule has 0 aliphatic carbocycles. The average molecular weight is 447 g/mol. The average Bonchev–Trinajstić information content (AvgIpc) is 3.18. The van der Waals surface area contributed by atoms with E-state index in [0.717, 1.165) is 28.3 Å². The molecule has 2 aromatic heterocycles. The molecule has 0 saturated carbocycles. The van der Waals surface area contributed by atoms with Gasteiger partial charge in [0.15, 0.2) is 0 Å². The molecule has 2 heterocycles. The molecule has 0 aliphatic rings. The highest BCUT2D eigenvalue weighted by Crippen LogP contribution is 2.25. The topological polar surface area (TPSA) is 69.0 Å². The number of carbonyl (C=O) groups excluding carboxylic acids is 1. The molecule has 1 amide bonds. The number of nitrogens with zero attached hydrogens (tertiary/aromatic N) is 3. The van der Waals surface area contributed by atoms with Crippen LogP contribution in [0.15, 0.2) is 79.0 Å². The van der Waals surface area contributed by atoms with E-state index in [-0.39, 0.29) is 5.91 Å². The van der Waals surface area contributed by atoms with Crippen molar-refractivity contribution in [2.45, 2.75) is 26.6 Å². The van der Waals surface area contributed by atoms with E-state index in [1.165, 1.54) is 0 Å². The van der Waals surface area contributed by atoms with Crippen molar-refractivity contribution < 1.29 is 9.53 Å². The number of ether oxygens (including phenoxy) is 1. The van der Waals surface area contributed by atoms with Gasteiger partial charge in [-0.1, -0.05) is 48.0 Å². The Bertz CT molecular complexity index is 1190. The molecule has 0 saturated heterocycles. The first-order valence-electron chi connectivity index (χ1n) is 10.3. The van der Waals surface area contributed by atoms with E-state index in [0.29, 0.717) is 30.4 Å². The van der Waals surface area contributed by atoms with Crippen LogP contribution in [-0.2, 0) is 19.7 Å². The minimum atomic E-state index is -0.246. The van der Waals surface area contributed by atoms with E-state index >= 15 is 0 Å². The molecule has 0 spiro atoms. The fourth-order valence-corrected chi connectivity index (χ4v) is 3.45. The molecule has 1 N–H and O–H groups in total. The number of carbonyl (C=O) groups is 1. The van der Waals surface area contributed by atoms with Crippen molar-refractivity contribution in [3.05, 3.63) is 112 Å². The molecule has 4 aromatic rings. The standard InChI is InChI=1S/C25H23ClN4O2/c1-18-13-23(25(31)28-15-22-9-5-6-12-27-22)29-30(18)16-20-14-21(26)10-11-24(20)32-17-19-7-3-2-4-8-19/h2-14H,15-17H2,1H3,(H,28,31). The van der Waals surface area contributed by atoms with Gasteiger partial charge in [0, 0.05) is 22.5 Å². The number of amides is 1. The zero-order valence-electron chi connectivity index (χ0n) is 17.7. The normalized spacial score (nSPS) is 10.7. The van der Waals surface area contributed by atoms with Crippen LogP contribution >= 0.6 is 11.6 Å². The number of benzene rings is 2. The van der Waals surface area contributed by atoms with Crippen molar-refractivity contribution in [3.8, 4) is 5.75 Å². The molecule has 0 radical (unpaired) electrons. The molecule has 162 valence electrons. The fraction of sp³-hybridized carbons (Fsp3) is 0.160. The van der Waals surface area contributed by atoms with Gasteiger partial charge in [0.2, 0.25) is 0 Å². The SMILES string of the molecule is Cc1cc(C(=O)NCc2ccccn2)nn1Cc1cc(Cl)ccc1OCc1ccccc1. The van der Waals surface area contributed by atoms with E-state index in [1.807, 2.05) is 67.6 Å². The van der Waals surface area contributed by atoms with Crippen LogP contribution in [0.5, 0.6) is 5.75 Å². The van der Waals surface area contributed by atoms with Crippen LogP contribution < -0.4 is 10.1 Å². The Morgan fingerprint density at radius 3 is 2.66 bits per heavy atom. The lowest BCUT2D eigenvalue weighted by Crippen LogP contribution is -2.24. The Labute approximate surface area is 191 Å². The molecule has 7 heteroatoms. The molecule has 2 aromatic carbocycles. The summed E-state index contributed by atoms with van der Waals surface area (Å²) in [6.07, 6.45) is 1.70. The van der Waals surface area contributed by atoms with Crippen molar-refractivity contribution in [3.63, 3.8) is 0 Å². The summed E-state index contributed by atoms with van der Waals surface area (Å²) in [6.45, 7) is 3.15. The number of rotatable bonds is 8. The predicted octanol–water partition coefficient (Wildman–Crippen LogP) is 4.80. The maximum absolute atomic E-state index is 12.6. The molecule has 6 nitrogen and oxygen atoms in total. The molecular formula is C25H23ClN4O2. The third-order valence-corrected chi connectivity index (χ3v) is 5.18. The predicted molar refractivity (Wildman–Crippen MR) is 124 cm³/mol. The van der Waals surface area contributed by atoms with Crippen molar-refractivity contribution in [2.24, 2.45) is 0 Å². The first-order chi connectivity index (χ1) is 15.6. The molecule has 0 unspecified atom stereocenters. The monoisotopic (exact) mass is 446 g/mol. The second kappa shape index (κ2) is 10.1. The lowest BCUT2D eigenvalue weighted by molar-refractivity contribution is 0.0944. The Kier molecular flexibility index (Phi) is 6.82. The van der Waals surface area contributed by atoms with Gasteiger partial charge in [-0.25, -0.2) is 0 Å². The van der Waals surface area contributed by atoms with Gasteiger partial charge in [-0.3, -0.25) is 14.5 Å². The summed E-state index contributed by atoms with van der Waals surface area (Å²) in [5.41, 5.74) is 3.97. The number of halogens is 1. The highest BCUT2D eigenvalue weighted by Gasteiger charge is 2.14. The second-order valence-corrected chi connectivity index (χ2v) is 7.80. The number of pyridine rings is 1. The summed E-state index contributed by atoms with van der Waals surface area (Å²) in [6, 6.07) is 22.8. The Balaban J connectivity index is 1.46. The summed E-state index contributed by atoms with van der Waals surface area (Å²) in [4.78, 5) is 16.8. The number of hydrogen-bond donors (Lipinski definition) is 1. The Hall–Kier alpha value is -3.64. The van der Waals surface area contributed by atoms with Gasteiger partial charge in [0.25, 0.3) is 5.91 Å². The van der Waals surface area contributed by atoms with Crippen LogP contribution in [0.2, 0.25) is 5.02 Å². The van der Waals surface area contributed by atoms with Crippen LogP contribution in [-0.4, -0.2) is 20.7 Å². The summed E-state index contributed by atoms with van der Waals surface area (Å²) in [5.74, 6) is 0.485. The summed E-state index contributed by atoms with van der Waals surface area (Å²) < 4.78 is 7.82. The first kappa shape index (κ1) is 21.6. The number of hydrogen-bond acceptors (Lipinski definition) is 4. The first-order valence-corrected chi connectivity index (χ1v) is 10.6. The Morgan fingerprint density at radius 1 is 1.06 bits per heavy atom. The smallest absolute Gasteiger partial charge is 0.272 e. The molecule has 32 heavy (non-hydrogen) atoms. The van der Waals surface area contributed by atoms with Gasteiger partial charge in [-0.15, -0.1) is 0 Å². The van der Waals surface area contributed by atoms with Gasteiger partial charge >= 0.3 is 0 Å². The molecule has 0 atom stereocenters. The third kappa shape index (κ3) is 5.53. The van der Waals surface area contributed by atoms with Crippen LogP contribution in [0.3, 0.4) is 0 Å². The van der Waals surface area contributed by atoms with Crippen LogP contribution in [0.1, 0.15) is 33.0 Å². The van der Waals surface area contributed by atoms with Crippen molar-refractivity contribution in [1.29, 1.82) is 0 Å². The van der Waals surface area contributed by atoms with E-state index in [4.69, 9.17) is 16.3 Å². The summed E-state index contributed by atoms with van der Waals surface area (Å²) in [5, 5.41) is 7.96. The van der Waals surface area contributed by atoms with Crippen molar-refractivity contribution in [2.75, 3.05) is 0 Å². The van der Waals surface area contributed by atoms with Crippen molar-refractivity contribution in [1.82, 2.24) is 20.1 Å². The zero-order valence-corrected chi connectivity index (χ0v) is 18.4. The van der Waals surface area contributed by atoms with E-state index in [9.17, 15) is 4.79 Å². The molecule has 0 aliphatic heterocycles. The van der Waals surface area contributed by atoms with Crippen molar-refractivity contribution >= 4 is 17.5 Å². The maximum atomic E-state index is 12.6. The lowest BCUT2D eigenvalue weighted by Gasteiger charge is -2.13. The zero-order chi connectivity index (χ0) is 22.3. The van der Waals surface area contributed by atoms with E-state index < -0.39 is 0 Å². The summed E-state index contributed by atoms with van der Waals surface area (Å²) in [7, 11) is 0. The minimum absolute atomic E-state index is 0.246. The van der Waals surface area contributed by atoms with Crippen LogP contribution in [0, 0.1) is 6.92 Å². The van der Waals surface area contributed by atoms with Gasteiger partial charge in [-0.05, 0) is 48.9 Å². The molecule has 4 rings (SSSR count). The van der Waals surface area contributed by atoms with E-state index in [1.54, 1.807) is 23.0 Å². The number of aromatic nitrogens is 3. The third-order valence-electron chi connectivity index (χ3n) is 4.95. The number of aryl methyl sites for hydroxylation is 1. The molecule has 0 bridgehead atoms. The largest absolute Gasteiger partial charge is 0.489 e. The quantitative estimate of drug-likeness (QED) is 0.422. The second-order valence-electron chi connectivity index (χ2n) is 7.36. The molecule has 0 fully saturated rings. The van der Waals surface area contributed by atoms with Crippen LogP contribution in [0.4, 0.5) is 0 Å². The molecular weight excluding hydrogens is 424 g/mol. The van der Waals surface area contributed by atoms with Gasteiger partial charge in [0.1, 0.15) is 18.1 Å². The van der Waals surface area contributed by atoms with Gasteiger partial charge in [-0.2, -0.15) is 5.10 Å². The maximum Gasteiger partial charge on any atom is 0.272 e. The van der Waals surface area contributed by atoms with Crippen LogP contribution in [0.25, 0.3) is 0 Å². The highest BCUT2D eigenvalue weighted by atomic mass is 35.5. The fourth-order valence-electron chi connectivity index (χ4n) is 3.25. The van der Waals surface area contributed by atoms with E-state index in [2.05, 4.69) is 15.4 Å².